The normalized spacial score (nSPS) is 11.9. The van der Waals surface area contributed by atoms with Gasteiger partial charge in [0, 0.05) is 28.8 Å². The summed E-state index contributed by atoms with van der Waals surface area (Å²) >= 11 is 5.94. The molecule has 0 spiro atoms. The molecule has 0 radical (unpaired) electrons. The molecule has 4 nitrogen and oxygen atoms in total. The van der Waals surface area contributed by atoms with Crippen LogP contribution >= 0.6 is 11.6 Å². The highest BCUT2D eigenvalue weighted by atomic mass is 35.5. The Morgan fingerprint density at radius 1 is 1.21 bits per heavy atom. The fourth-order valence-corrected chi connectivity index (χ4v) is 3.55. The SMILES string of the molecule is COc1cn(C(C)Cc2ccccc2)c(=O)cc1-c1c(C(C)=O)ccc(Cl)c1F. The van der Waals surface area contributed by atoms with Gasteiger partial charge in [0.25, 0.3) is 5.56 Å². The fraction of sp³-hybridized carbons (Fsp3) is 0.217. The van der Waals surface area contributed by atoms with Crippen LogP contribution in [0, 0.1) is 5.82 Å². The van der Waals surface area contributed by atoms with Gasteiger partial charge in [0.2, 0.25) is 0 Å². The number of nitrogens with zero attached hydrogens (tertiary/aromatic N) is 1. The number of carbonyl (C=O) groups excluding carboxylic acids is 1. The lowest BCUT2D eigenvalue weighted by atomic mass is 9.96. The number of benzene rings is 2. The number of ketones is 1. The Bertz CT molecular complexity index is 1110. The van der Waals surface area contributed by atoms with Crippen LogP contribution in [0.25, 0.3) is 11.1 Å². The van der Waals surface area contributed by atoms with Gasteiger partial charge in [-0.15, -0.1) is 0 Å². The molecule has 150 valence electrons. The number of carbonyl (C=O) groups is 1. The number of methoxy groups -OCH3 is 1. The summed E-state index contributed by atoms with van der Waals surface area (Å²) in [6.07, 6.45) is 2.20. The van der Waals surface area contributed by atoms with Gasteiger partial charge in [-0.1, -0.05) is 41.9 Å². The molecule has 29 heavy (non-hydrogen) atoms. The molecule has 2 aromatic carbocycles. The molecule has 0 amide bonds. The summed E-state index contributed by atoms with van der Waals surface area (Å²) in [5.41, 5.74) is 1.08. The minimum atomic E-state index is -0.757. The van der Waals surface area contributed by atoms with Gasteiger partial charge in [0.15, 0.2) is 5.78 Å². The predicted octanol–water partition coefficient (Wildman–Crippen LogP) is 5.32. The van der Waals surface area contributed by atoms with Crippen molar-refractivity contribution >= 4 is 17.4 Å². The van der Waals surface area contributed by atoms with Crippen LogP contribution in [0.2, 0.25) is 5.02 Å². The number of aromatic nitrogens is 1. The van der Waals surface area contributed by atoms with Crippen LogP contribution in [0.4, 0.5) is 4.39 Å². The molecular weight excluding hydrogens is 393 g/mol. The minimum absolute atomic E-state index is 0.0261. The lowest BCUT2D eigenvalue weighted by molar-refractivity contribution is 0.101. The Hall–Kier alpha value is -2.92. The van der Waals surface area contributed by atoms with E-state index >= 15 is 0 Å². The van der Waals surface area contributed by atoms with E-state index in [1.165, 1.54) is 32.2 Å². The summed E-state index contributed by atoms with van der Waals surface area (Å²) in [5.74, 6) is -0.806. The molecule has 0 fully saturated rings. The highest BCUT2D eigenvalue weighted by Crippen LogP contribution is 2.36. The van der Waals surface area contributed by atoms with Crippen LogP contribution in [0.15, 0.2) is 59.5 Å². The molecule has 0 aliphatic heterocycles. The molecule has 1 heterocycles. The molecule has 0 aliphatic carbocycles. The molecule has 0 bridgehead atoms. The van der Waals surface area contributed by atoms with Crippen LogP contribution in [0.5, 0.6) is 5.75 Å². The van der Waals surface area contributed by atoms with E-state index in [4.69, 9.17) is 16.3 Å². The Morgan fingerprint density at radius 2 is 1.90 bits per heavy atom. The molecular formula is C23H21ClFNO3. The van der Waals surface area contributed by atoms with Crippen molar-refractivity contribution in [2.45, 2.75) is 26.3 Å². The second kappa shape index (κ2) is 8.62. The first kappa shape index (κ1) is 20.8. The first-order chi connectivity index (χ1) is 13.8. The van der Waals surface area contributed by atoms with Gasteiger partial charge >= 0.3 is 0 Å². The highest BCUT2D eigenvalue weighted by Gasteiger charge is 2.22. The fourth-order valence-electron chi connectivity index (χ4n) is 3.39. The van der Waals surface area contributed by atoms with Gasteiger partial charge < -0.3 is 9.30 Å². The molecule has 0 saturated carbocycles. The third kappa shape index (κ3) is 4.25. The predicted molar refractivity (Wildman–Crippen MR) is 113 cm³/mol. The monoisotopic (exact) mass is 413 g/mol. The van der Waals surface area contributed by atoms with E-state index in [-0.39, 0.29) is 44.8 Å². The van der Waals surface area contributed by atoms with Crippen molar-refractivity contribution < 1.29 is 13.9 Å². The largest absolute Gasteiger partial charge is 0.495 e. The number of ether oxygens (including phenoxy) is 1. The van der Waals surface area contributed by atoms with Crippen molar-refractivity contribution in [1.82, 2.24) is 4.57 Å². The minimum Gasteiger partial charge on any atom is -0.495 e. The molecule has 3 rings (SSSR count). The average Bonchev–Trinajstić information content (AvgIpc) is 2.70. The third-order valence-corrected chi connectivity index (χ3v) is 5.15. The first-order valence-corrected chi connectivity index (χ1v) is 9.54. The van der Waals surface area contributed by atoms with E-state index in [1.54, 1.807) is 10.8 Å². The van der Waals surface area contributed by atoms with Crippen LogP contribution in [0.3, 0.4) is 0 Å². The number of pyridine rings is 1. The van der Waals surface area contributed by atoms with E-state index in [0.29, 0.717) is 6.42 Å². The number of Topliss-reactive ketones (excluding diaryl/α,β-unsaturated/α-hetero) is 1. The van der Waals surface area contributed by atoms with Crippen molar-refractivity contribution in [2.24, 2.45) is 0 Å². The van der Waals surface area contributed by atoms with E-state index in [9.17, 15) is 14.0 Å². The molecule has 6 heteroatoms. The van der Waals surface area contributed by atoms with Gasteiger partial charge in [-0.05, 0) is 38.0 Å². The number of rotatable bonds is 6. The summed E-state index contributed by atoms with van der Waals surface area (Å²) in [6, 6.07) is 13.7. The van der Waals surface area contributed by atoms with Gasteiger partial charge in [0.1, 0.15) is 11.6 Å². The van der Waals surface area contributed by atoms with Crippen molar-refractivity contribution in [3.63, 3.8) is 0 Å². The summed E-state index contributed by atoms with van der Waals surface area (Å²) in [4.78, 5) is 24.9. The molecule has 0 saturated heterocycles. The van der Waals surface area contributed by atoms with Gasteiger partial charge in [-0.25, -0.2) is 4.39 Å². The summed E-state index contributed by atoms with van der Waals surface area (Å²) in [7, 11) is 1.44. The molecule has 1 aromatic heterocycles. The molecule has 0 aliphatic rings. The van der Waals surface area contributed by atoms with E-state index < -0.39 is 5.82 Å². The van der Waals surface area contributed by atoms with Crippen LogP contribution < -0.4 is 10.3 Å². The molecule has 3 aromatic rings. The zero-order valence-electron chi connectivity index (χ0n) is 16.4. The Morgan fingerprint density at radius 3 is 2.52 bits per heavy atom. The van der Waals surface area contributed by atoms with Crippen LogP contribution in [0.1, 0.15) is 35.8 Å². The molecule has 1 unspecified atom stereocenters. The number of halogens is 2. The van der Waals surface area contributed by atoms with Crippen LogP contribution in [-0.2, 0) is 6.42 Å². The van der Waals surface area contributed by atoms with Crippen molar-refractivity contribution in [2.75, 3.05) is 7.11 Å². The maximum atomic E-state index is 14.9. The second-order valence-corrected chi connectivity index (χ2v) is 7.29. The highest BCUT2D eigenvalue weighted by molar-refractivity contribution is 6.31. The van der Waals surface area contributed by atoms with E-state index in [0.717, 1.165) is 5.56 Å². The molecule has 0 N–H and O–H groups in total. The summed E-state index contributed by atoms with van der Waals surface area (Å²) in [5, 5.41) is -0.131. The van der Waals surface area contributed by atoms with Gasteiger partial charge in [0.05, 0.1) is 18.3 Å². The average molecular weight is 414 g/mol. The van der Waals surface area contributed by atoms with Crippen molar-refractivity contribution in [1.29, 1.82) is 0 Å². The lowest BCUT2D eigenvalue weighted by Gasteiger charge is -2.19. The Kier molecular flexibility index (Phi) is 6.18. The Labute approximate surface area is 173 Å². The second-order valence-electron chi connectivity index (χ2n) is 6.88. The first-order valence-electron chi connectivity index (χ1n) is 9.17. The van der Waals surface area contributed by atoms with E-state index in [1.807, 2.05) is 37.3 Å². The zero-order chi connectivity index (χ0) is 21.1. The lowest BCUT2D eigenvalue weighted by Crippen LogP contribution is -2.24. The standard InChI is InChI=1S/C23H21ClFNO3/c1-14(11-16-7-5-4-6-8-16)26-13-20(29-3)18(12-21(26)28)22-17(15(2)27)9-10-19(24)23(22)25/h4-10,12-14H,11H2,1-3H3. The number of hydrogen-bond donors (Lipinski definition) is 0. The topological polar surface area (TPSA) is 48.3 Å². The third-order valence-electron chi connectivity index (χ3n) is 4.86. The van der Waals surface area contributed by atoms with Crippen molar-refractivity contribution in [3.8, 4) is 16.9 Å². The molecule has 1 atom stereocenters. The van der Waals surface area contributed by atoms with Gasteiger partial charge in [-0.3, -0.25) is 9.59 Å². The van der Waals surface area contributed by atoms with Gasteiger partial charge in [-0.2, -0.15) is 0 Å². The summed E-state index contributed by atoms with van der Waals surface area (Å²) < 4.78 is 21.8. The maximum Gasteiger partial charge on any atom is 0.251 e. The van der Waals surface area contributed by atoms with Crippen LogP contribution in [-0.4, -0.2) is 17.5 Å². The summed E-state index contributed by atoms with van der Waals surface area (Å²) in [6.45, 7) is 3.26. The maximum absolute atomic E-state index is 14.9. The Balaban J connectivity index is 2.13. The quantitative estimate of drug-likeness (QED) is 0.513. The number of hydrogen-bond acceptors (Lipinski definition) is 3. The van der Waals surface area contributed by atoms with Crippen molar-refractivity contribution in [3.05, 3.63) is 87.0 Å². The zero-order valence-corrected chi connectivity index (χ0v) is 17.2. The smallest absolute Gasteiger partial charge is 0.251 e. The van der Waals surface area contributed by atoms with E-state index in [2.05, 4.69) is 0 Å².